The fraction of sp³-hybridized carbons (Fsp3) is 0.150. The van der Waals surface area contributed by atoms with Crippen LogP contribution in [-0.2, 0) is 17.5 Å². The van der Waals surface area contributed by atoms with Crippen molar-refractivity contribution in [1.82, 2.24) is 9.55 Å². The molecule has 3 aromatic rings. The molecule has 0 aliphatic rings. The Labute approximate surface area is 163 Å². The number of ether oxygens (including phenoxy) is 1. The van der Waals surface area contributed by atoms with Gasteiger partial charge < -0.3 is 14.4 Å². The van der Waals surface area contributed by atoms with Crippen molar-refractivity contribution in [3.05, 3.63) is 65.0 Å². The van der Waals surface area contributed by atoms with Gasteiger partial charge in [-0.1, -0.05) is 0 Å². The molecule has 9 heteroatoms. The molecule has 2 heterocycles. The van der Waals surface area contributed by atoms with Crippen LogP contribution in [0.5, 0.6) is 5.75 Å². The highest BCUT2D eigenvalue weighted by molar-refractivity contribution is 5.99. The predicted molar refractivity (Wildman–Crippen MR) is 98.1 cm³/mol. The maximum atomic E-state index is 13.2. The van der Waals surface area contributed by atoms with E-state index in [9.17, 15) is 18.0 Å². The second-order valence-corrected chi connectivity index (χ2v) is 6.13. The number of carbonyl (C=O) groups is 1. The second kappa shape index (κ2) is 7.67. The number of alkyl halides is 3. The highest BCUT2D eigenvalue weighted by atomic mass is 19.4. The van der Waals surface area contributed by atoms with Crippen molar-refractivity contribution in [1.29, 1.82) is 5.26 Å². The van der Waals surface area contributed by atoms with Crippen LogP contribution in [0.4, 0.5) is 13.2 Å². The number of pyridine rings is 1. The fourth-order valence-electron chi connectivity index (χ4n) is 2.91. The zero-order valence-corrected chi connectivity index (χ0v) is 15.1. The van der Waals surface area contributed by atoms with Gasteiger partial charge in [-0.2, -0.15) is 18.4 Å². The van der Waals surface area contributed by atoms with Gasteiger partial charge in [-0.15, -0.1) is 0 Å². The minimum absolute atomic E-state index is 0.0383. The van der Waals surface area contributed by atoms with Gasteiger partial charge in [-0.05, 0) is 42.0 Å². The maximum absolute atomic E-state index is 13.2. The molecule has 6 nitrogen and oxygen atoms in total. The number of halogens is 3. The maximum Gasteiger partial charge on any atom is 0.416 e. The number of nitrogens with zero attached hydrogens (tertiary/aromatic N) is 3. The van der Waals surface area contributed by atoms with E-state index >= 15 is 0 Å². The fourth-order valence-corrected chi connectivity index (χ4v) is 2.91. The molecule has 0 bridgehead atoms. The lowest BCUT2D eigenvalue weighted by Crippen LogP contribution is -2.07. The number of carboxylic acid groups (broad SMARTS) is 1. The van der Waals surface area contributed by atoms with E-state index in [4.69, 9.17) is 15.1 Å². The lowest BCUT2D eigenvalue weighted by Gasteiger charge is -2.12. The summed E-state index contributed by atoms with van der Waals surface area (Å²) in [5.74, 6) is -1.31. The summed E-state index contributed by atoms with van der Waals surface area (Å²) >= 11 is 0. The van der Waals surface area contributed by atoms with Crippen LogP contribution in [-0.4, -0.2) is 27.7 Å². The zero-order chi connectivity index (χ0) is 21.2. The molecule has 0 saturated carbocycles. The average Bonchev–Trinajstić information content (AvgIpc) is 3.02. The lowest BCUT2D eigenvalue weighted by molar-refractivity contribution is -0.137. The van der Waals surface area contributed by atoms with E-state index in [1.54, 1.807) is 29.0 Å². The van der Waals surface area contributed by atoms with Gasteiger partial charge in [0.25, 0.3) is 0 Å². The molecule has 0 saturated heterocycles. The quantitative estimate of drug-likeness (QED) is 0.514. The summed E-state index contributed by atoms with van der Waals surface area (Å²) in [7, 11) is 1.28. The van der Waals surface area contributed by atoms with Gasteiger partial charge in [-0.25, -0.2) is 9.78 Å². The summed E-state index contributed by atoms with van der Waals surface area (Å²) in [6.45, 7) is 0.0383. The van der Waals surface area contributed by atoms with Crippen LogP contribution in [0, 0.1) is 11.3 Å². The Balaban J connectivity index is 2.11. The standard InChI is InChI=1S/C20H14F3N3O3/c1-29-16-6-12(5-15(8-16)20(21,22)23)10-26-11-14(7-13(9-24)19(27)28)17-3-2-4-25-18(17)26/h2-8,11H,10H2,1H3,(H,27,28)/b13-7+. The molecule has 3 rings (SSSR count). The van der Waals surface area contributed by atoms with Crippen molar-refractivity contribution >= 4 is 23.1 Å². The zero-order valence-electron chi connectivity index (χ0n) is 15.1. The van der Waals surface area contributed by atoms with Gasteiger partial charge in [0.1, 0.15) is 23.0 Å². The van der Waals surface area contributed by atoms with Crippen molar-refractivity contribution in [2.24, 2.45) is 0 Å². The lowest BCUT2D eigenvalue weighted by atomic mass is 10.1. The van der Waals surface area contributed by atoms with Gasteiger partial charge in [-0.3, -0.25) is 0 Å². The smallest absolute Gasteiger partial charge is 0.416 e. The molecular formula is C20H14F3N3O3. The summed E-state index contributed by atoms with van der Waals surface area (Å²) in [6, 6.07) is 8.35. The molecule has 1 N–H and O–H groups in total. The van der Waals surface area contributed by atoms with Crippen LogP contribution in [0.15, 0.2) is 48.3 Å². The predicted octanol–water partition coefficient (Wildman–Crippen LogP) is 4.10. The van der Waals surface area contributed by atoms with Crippen LogP contribution in [0.1, 0.15) is 16.7 Å². The summed E-state index contributed by atoms with van der Waals surface area (Å²) < 4.78 is 46.1. The number of carboxylic acids is 1. The van der Waals surface area contributed by atoms with Gasteiger partial charge >= 0.3 is 12.1 Å². The Morgan fingerprint density at radius 3 is 2.76 bits per heavy atom. The number of aliphatic carboxylic acids is 1. The number of rotatable bonds is 5. The van der Waals surface area contributed by atoms with E-state index in [2.05, 4.69) is 4.98 Å². The first kappa shape index (κ1) is 19.9. The molecule has 0 unspecified atom stereocenters. The van der Waals surface area contributed by atoms with Crippen LogP contribution in [0.25, 0.3) is 17.1 Å². The monoisotopic (exact) mass is 401 g/mol. The number of hydrogen-bond acceptors (Lipinski definition) is 4. The van der Waals surface area contributed by atoms with Crippen molar-refractivity contribution in [3.63, 3.8) is 0 Å². The second-order valence-electron chi connectivity index (χ2n) is 6.13. The third-order valence-corrected chi connectivity index (χ3v) is 4.20. The van der Waals surface area contributed by atoms with Gasteiger partial charge in [0.2, 0.25) is 0 Å². The summed E-state index contributed by atoms with van der Waals surface area (Å²) in [4.78, 5) is 15.4. The van der Waals surface area contributed by atoms with E-state index in [1.165, 1.54) is 25.4 Å². The molecule has 2 aromatic heterocycles. The van der Waals surface area contributed by atoms with E-state index in [0.29, 0.717) is 22.2 Å². The highest BCUT2D eigenvalue weighted by Gasteiger charge is 2.31. The first-order valence-corrected chi connectivity index (χ1v) is 8.27. The molecule has 0 amide bonds. The molecule has 1 aromatic carbocycles. The molecule has 0 spiro atoms. The molecule has 0 atom stereocenters. The van der Waals surface area contributed by atoms with Crippen molar-refractivity contribution < 1.29 is 27.8 Å². The number of aromatic nitrogens is 2. The molecule has 0 radical (unpaired) electrons. The SMILES string of the molecule is COc1cc(Cn2cc(/C=C(\C#N)C(=O)O)c3cccnc32)cc(C(F)(F)F)c1. The van der Waals surface area contributed by atoms with Gasteiger partial charge in [0, 0.05) is 29.9 Å². The summed E-state index contributed by atoms with van der Waals surface area (Å²) in [6.07, 6.45) is -0.265. The number of methoxy groups -OCH3 is 1. The van der Waals surface area contributed by atoms with Gasteiger partial charge in [0.15, 0.2) is 0 Å². The number of fused-ring (bicyclic) bond motifs is 1. The van der Waals surface area contributed by atoms with Crippen LogP contribution >= 0.6 is 0 Å². The van der Waals surface area contributed by atoms with Crippen molar-refractivity contribution in [2.75, 3.05) is 7.11 Å². The van der Waals surface area contributed by atoms with E-state index in [-0.39, 0.29) is 12.3 Å². The first-order chi connectivity index (χ1) is 13.7. The molecular weight excluding hydrogens is 387 g/mol. The Morgan fingerprint density at radius 1 is 1.38 bits per heavy atom. The largest absolute Gasteiger partial charge is 0.497 e. The molecule has 148 valence electrons. The number of hydrogen-bond donors (Lipinski definition) is 1. The Morgan fingerprint density at radius 2 is 2.14 bits per heavy atom. The molecule has 29 heavy (non-hydrogen) atoms. The number of benzene rings is 1. The van der Waals surface area contributed by atoms with E-state index in [1.807, 2.05) is 0 Å². The Bertz CT molecular complexity index is 1160. The van der Waals surface area contributed by atoms with E-state index in [0.717, 1.165) is 12.1 Å². The molecule has 0 aliphatic carbocycles. The minimum atomic E-state index is -4.53. The normalized spacial score (nSPS) is 12.0. The highest BCUT2D eigenvalue weighted by Crippen LogP contribution is 2.33. The Kier molecular flexibility index (Phi) is 5.28. The topological polar surface area (TPSA) is 88.1 Å². The summed E-state index contributed by atoms with van der Waals surface area (Å²) in [5.41, 5.74) is -0.111. The molecule has 0 aliphatic heterocycles. The summed E-state index contributed by atoms with van der Waals surface area (Å²) in [5, 5.41) is 18.6. The van der Waals surface area contributed by atoms with E-state index < -0.39 is 23.3 Å². The van der Waals surface area contributed by atoms with Gasteiger partial charge in [0.05, 0.1) is 12.7 Å². The minimum Gasteiger partial charge on any atom is -0.497 e. The first-order valence-electron chi connectivity index (χ1n) is 8.27. The van der Waals surface area contributed by atoms with Crippen LogP contribution < -0.4 is 4.74 Å². The number of nitriles is 1. The van der Waals surface area contributed by atoms with Crippen LogP contribution in [0.3, 0.4) is 0 Å². The van der Waals surface area contributed by atoms with Crippen molar-refractivity contribution in [2.45, 2.75) is 12.7 Å². The van der Waals surface area contributed by atoms with Crippen molar-refractivity contribution in [3.8, 4) is 11.8 Å². The van der Waals surface area contributed by atoms with Crippen LogP contribution in [0.2, 0.25) is 0 Å². The average molecular weight is 401 g/mol. The third-order valence-electron chi connectivity index (χ3n) is 4.20. The Hall–Kier alpha value is -3.80. The molecule has 0 fully saturated rings. The third kappa shape index (κ3) is 4.21.